The van der Waals surface area contributed by atoms with Crippen LogP contribution in [0.1, 0.15) is 34.8 Å². The number of nitrogens with one attached hydrogen (secondary N) is 2. The van der Waals surface area contributed by atoms with Crippen molar-refractivity contribution in [3.05, 3.63) is 89.5 Å². The quantitative estimate of drug-likeness (QED) is 0.298. The summed E-state index contributed by atoms with van der Waals surface area (Å²) in [6.07, 6.45) is 0.0254. The predicted molar refractivity (Wildman–Crippen MR) is 151 cm³/mol. The zero-order chi connectivity index (χ0) is 27.8. The Morgan fingerprint density at radius 2 is 1.77 bits per heavy atom. The van der Waals surface area contributed by atoms with Gasteiger partial charge in [-0.05, 0) is 54.3 Å². The topological polar surface area (TPSA) is 117 Å². The lowest BCUT2D eigenvalue weighted by Crippen LogP contribution is -2.48. The van der Waals surface area contributed by atoms with Crippen molar-refractivity contribution in [3.8, 4) is 11.5 Å². The maximum Gasteiger partial charge on any atom is 0.251 e. The second kappa shape index (κ2) is 13.0. The molecule has 1 aliphatic heterocycles. The highest BCUT2D eigenvalue weighted by atomic mass is 32.2. The van der Waals surface area contributed by atoms with Gasteiger partial charge in [-0.25, -0.2) is 8.42 Å². The zero-order valence-electron chi connectivity index (χ0n) is 22.2. The van der Waals surface area contributed by atoms with Crippen molar-refractivity contribution in [1.29, 1.82) is 0 Å². The van der Waals surface area contributed by atoms with Gasteiger partial charge in [0.15, 0.2) is 11.5 Å². The highest BCUT2D eigenvalue weighted by molar-refractivity contribution is 7.92. The second-order valence-corrected chi connectivity index (χ2v) is 11.6. The Kier molecular flexibility index (Phi) is 9.45. The first kappa shape index (κ1) is 28.4. The molecule has 4 rings (SSSR count). The molecule has 3 aromatic rings. The third kappa shape index (κ3) is 7.50. The number of carbonyl (C=O) groups is 1. The van der Waals surface area contributed by atoms with E-state index in [0.717, 1.165) is 11.1 Å². The molecule has 9 nitrogen and oxygen atoms in total. The van der Waals surface area contributed by atoms with Gasteiger partial charge in [-0.2, -0.15) is 0 Å². The lowest BCUT2D eigenvalue weighted by molar-refractivity contribution is 0.0830. The maximum atomic E-state index is 13.3. The van der Waals surface area contributed by atoms with E-state index in [1.807, 2.05) is 48.5 Å². The number of rotatable bonds is 13. The smallest absolute Gasteiger partial charge is 0.251 e. The average Bonchev–Trinajstić information content (AvgIpc) is 3.41. The van der Waals surface area contributed by atoms with Gasteiger partial charge in [0.25, 0.3) is 5.91 Å². The van der Waals surface area contributed by atoms with E-state index in [2.05, 4.69) is 10.6 Å². The number of ether oxygens (including phenoxy) is 2. The Hall–Kier alpha value is -3.60. The van der Waals surface area contributed by atoms with Crippen molar-refractivity contribution >= 4 is 21.6 Å². The van der Waals surface area contributed by atoms with Gasteiger partial charge in [0.05, 0.1) is 23.6 Å². The minimum atomic E-state index is -3.48. The molecule has 0 radical (unpaired) electrons. The van der Waals surface area contributed by atoms with Crippen LogP contribution in [0.3, 0.4) is 0 Å². The fourth-order valence-electron chi connectivity index (χ4n) is 4.36. The molecule has 1 aliphatic rings. The van der Waals surface area contributed by atoms with E-state index < -0.39 is 28.1 Å². The molecule has 2 unspecified atom stereocenters. The van der Waals surface area contributed by atoms with Gasteiger partial charge >= 0.3 is 0 Å². The van der Waals surface area contributed by atoms with Gasteiger partial charge in [0, 0.05) is 25.7 Å². The monoisotopic (exact) mass is 553 g/mol. The molecule has 0 fully saturated rings. The van der Waals surface area contributed by atoms with E-state index >= 15 is 0 Å². The molecule has 0 saturated carbocycles. The van der Waals surface area contributed by atoms with Crippen LogP contribution < -0.4 is 24.4 Å². The molecule has 3 aromatic carbocycles. The van der Waals surface area contributed by atoms with Crippen LogP contribution in [0.15, 0.2) is 72.8 Å². The normalized spacial score (nSPS) is 14.0. The summed E-state index contributed by atoms with van der Waals surface area (Å²) in [6.45, 7) is 2.75. The number of aliphatic hydroxyl groups excluding tert-OH is 1. The van der Waals surface area contributed by atoms with Crippen LogP contribution in [0.4, 0.5) is 5.69 Å². The van der Waals surface area contributed by atoms with Crippen LogP contribution in [-0.4, -0.2) is 57.7 Å². The lowest BCUT2D eigenvalue weighted by Gasteiger charge is -2.25. The Balaban J connectivity index is 1.44. The summed E-state index contributed by atoms with van der Waals surface area (Å²) in [6, 6.07) is 21.2. The number of nitrogens with zero attached hydrogens (tertiary/aromatic N) is 1. The first-order valence-electron chi connectivity index (χ1n) is 13.0. The summed E-state index contributed by atoms with van der Waals surface area (Å²) in [7, 11) is -2.00. The molecule has 1 amide bonds. The number of fused-ring (bicyclic) bond motifs is 1. The third-order valence-electron chi connectivity index (χ3n) is 6.55. The molecule has 0 aliphatic carbocycles. The first-order valence-corrected chi connectivity index (χ1v) is 14.6. The Bertz CT molecular complexity index is 1370. The minimum Gasteiger partial charge on any atom is -0.454 e. The van der Waals surface area contributed by atoms with Crippen LogP contribution >= 0.6 is 0 Å². The molecule has 2 atom stereocenters. The Labute approximate surface area is 229 Å². The number of amides is 1. The molecule has 0 aromatic heterocycles. The number of aliphatic hydroxyl groups is 1. The molecule has 0 saturated heterocycles. The summed E-state index contributed by atoms with van der Waals surface area (Å²) in [5, 5.41) is 17.3. The fraction of sp³-hybridized carbons (Fsp3) is 0.345. The highest BCUT2D eigenvalue weighted by Crippen LogP contribution is 2.32. The van der Waals surface area contributed by atoms with Crippen molar-refractivity contribution in [2.24, 2.45) is 0 Å². The fourth-order valence-corrected chi connectivity index (χ4v) is 5.58. The van der Waals surface area contributed by atoms with Crippen molar-refractivity contribution in [1.82, 2.24) is 10.6 Å². The summed E-state index contributed by atoms with van der Waals surface area (Å²) < 4.78 is 37.0. The van der Waals surface area contributed by atoms with Crippen molar-refractivity contribution in [2.45, 2.75) is 38.5 Å². The van der Waals surface area contributed by atoms with E-state index in [-0.39, 0.29) is 19.1 Å². The maximum absolute atomic E-state index is 13.3. The number of sulfonamides is 1. The van der Waals surface area contributed by atoms with Gasteiger partial charge in [0.1, 0.15) is 0 Å². The molecule has 39 heavy (non-hydrogen) atoms. The van der Waals surface area contributed by atoms with Gasteiger partial charge in [-0.15, -0.1) is 0 Å². The van der Waals surface area contributed by atoms with E-state index in [1.54, 1.807) is 31.2 Å². The van der Waals surface area contributed by atoms with Crippen LogP contribution in [-0.2, 0) is 23.0 Å². The number of hydrogen-bond donors (Lipinski definition) is 3. The molecule has 0 bridgehead atoms. The second-order valence-electron chi connectivity index (χ2n) is 9.49. The minimum absolute atomic E-state index is 0.0184. The van der Waals surface area contributed by atoms with Crippen LogP contribution in [0.2, 0.25) is 0 Å². The van der Waals surface area contributed by atoms with Crippen molar-refractivity contribution in [2.75, 3.05) is 30.4 Å². The number of anilines is 1. The van der Waals surface area contributed by atoms with Gasteiger partial charge < -0.3 is 25.2 Å². The van der Waals surface area contributed by atoms with Crippen LogP contribution in [0.25, 0.3) is 0 Å². The third-order valence-corrected chi connectivity index (χ3v) is 8.52. The predicted octanol–water partition coefficient (Wildman–Crippen LogP) is 3.08. The number of benzene rings is 3. The van der Waals surface area contributed by atoms with Gasteiger partial charge in [-0.1, -0.05) is 49.4 Å². The molecule has 10 heteroatoms. The summed E-state index contributed by atoms with van der Waals surface area (Å²) >= 11 is 0. The number of carbonyl (C=O) groups excluding carboxylic acids is 1. The Morgan fingerprint density at radius 1 is 1.00 bits per heavy atom. The zero-order valence-corrected chi connectivity index (χ0v) is 23.0. The van der Waals surface area contributed by atoms with Crippen LogP contribution in [0.5, 0.6) is 11.5 Å². The number of hydrogen-bond acceptors (Lipinski definition) is 7. The molecule has 208 valence electrons. The Morgan fingerprint density at radius 3 is 2.54 bits per heavy atom. The standard InChI is InChI=1S/C29H35N3O6S/c1-3-14-39(35,36)32(2)24-11-7-10-23(17-24)29(34)31-25(15-21-8-5-4-6-9-21)26(33)19-30-18-22-12-13-27-28(16-22)38-20-37-27/h4-13,16-17,25-26,30,33H,3,14-15,18-20H2,1-2H3,(H,31,34). The molecule has 1 heterocycles. The highest BCUT2D eigenvalue weighted by Gasteiger charge is 2.24. The summed E-state index contributed by atoms with van der Waals surface area (Å²) in [5.41, 5.74) is 2.66. The average molecular weight is 554 g/mol. The van der Waals surface area contributed by atoms with E-state index in [1.165, 1.54) is 11.4 Å². The molecule has 0 spiro atoms. The summed E-state index contributed by atoms with van der Waals surface area (Å²) in [4.78, 5) is 13.3. The SMILES string of the molecule is CCCS(=O)(=O)N(C)c1cccc(C(=O)NC(Cc2ccccc2)C(O)CNCc2ccc3c(c2)OCO3)c1. The molecular formula is C29H35N3O6S. The molecule has 3 N–H and O–H groups in total. The summed E-state index contributed by atoms with van der Waals surface area (Å²) in [5.74, 6) is 1.03. The first-order chi connectivity index (χ1) is 18.8. The van der Waals surface area contributed by atoms with Crippen molar-refractivity contribution < 1.29 is 27.8 Å². The lowest BCUT2D eigenvalue weighted by atomic mass is 10.00. The van der Waals surface area contributed by atoms with E-state index in [0.29, 0.717) is 42.1 Å². The van der Waals surface area contributed by atoms with Gasteiger partial charge in [0.2, 0.25) is 16.8 Å². The van der Waals surface area contributed by atoms with E-state index in [9.17, 15) is 18.3 Å². The largest absolute Gasteiger partial charge is 0.454 e. The van der Waals surface area contributed by atoms with Crippen LogP contribution in [0, 0.1) is 0 Å². The molecular weight excluding hydrogens is 518 g/mol. The van der Waals surface area contributed by atoms with E-state index in [4.69, 9.17) is 9.47 Å². The van der Waals surface area contributed by atoms with Gasteiger partial charge in [-0.3, -0.25) is 9.10 Å². The van der Waals surface area contributed by atoms with Crippen molar-refractivity contribution in [3.63, 3.8) is 0 Å².